The fourth-order valence-electron chi connectivity index (χ4n) is 1.66. The lowest BCUT2D eigenvalue weighted by Crippen LogP contribution is -2.33. The molecule has 0 saturated heterocycles. The van der Waals surface area contributed by atoms with Crippen LogP contribution in [-0.2, 0) is 15.4 Å². The quantitative estimate of drug-likeness (QED) is 0.899. The van der Waals surface area contributed by atoms with Gasteiger partial charge in [-0.2, -0.15) is 0 Å². The van der Waals surface area contributed by atoms with Gasteiger partial charge in [0.2, 0.25) is 0 Å². The first-order valence-electron chi connectivity index (χ1n) is 5.30. The summed E-state index contributed by atoms with van der Waals surface area (Å²) in [6.07, 6.45) is 0. The van der Waals surface area contributed by atoms with Crippen LogP contribution < -0.4 is 0 Å². The van der Waals surface area contributed by atoms with Gasteiger partial charge in [0.25, 0.3) is 0 Å². The molecule has 0 atom stereocenters. The summed E-state index contributed by atoms with van der Waals surface area (Å²) in [4.78, 5) is -0.0428. The Morgan fingerprint density at radius 3 is 2.06 bits per heavy atom. The minimum absolute atomic E-state index is 0.0428. The minimum Gasteiger partial charge on any atom is -0.304 e. The molecule has 2 rings (SSSR count). The maximum atomic E-state index is 12.7. The summed E-state index contributed by atoms with van der Waals surface area (Å²) in [5, 5.41) is 0. The monoisotopic (exact) mass is 268 g/mol. The summed E-state index contributed by atoms with van der Waals surface area (Å²) >= 11 is 0. The van der Waals surface area contributed by atoms with E-state index in [1.165, 1.54) is 36.4 Å². The molecule has 18 heavy (non-hydrogen) atoms. The molecule has 2 aromatic rings. The van der Waals surface area contributed by atoms with Crippen LogP contribution in [0.15, 0.2) is 59.5 Å². The van der Waals surface area contributed by atoms with E-state index < -0.39 is 21.2 Å². The van der Waals surface area contributed by atoms with Crippen molar-refractivity contribution in [3.63, 3.8) is 0 Å². The van der Waals surface area contributed by atoms with Crippen LogP contribution >= 0.6 is 0 Å². The predicted octanol–water partition coefficient (Wildman–Crippen LogP) is 3.15. The highest BCUT2D eigenvalue weighted by Gasteiger charge is 2.32. The molecule has 0 spiro atoms. The third-order valence-corrected chi connectivity index (χ3v) is 4.63. The Labute approximate surface area is 104 Å². The van der Waals surface area contributed by atoms with Crippen molar-refractivity contribution in [2.75, 3.05) is 0 Å². The maximum absolute atomic E-state index is 12.7. The second-order valence-electron chi connectivity index (χ2n) is 4.10. The minimum atomic E-state index is -4.92. The van der Waals surface area contributed by atoms with Crippen LogP contribution in [-0.4, -0.2) is 13.3 Å². The van der Waals surface area contributed by atoms with Crippen molar-refractivity contribution < 1.29 is 17.7 Å². The number of hydrogen-bond donors (Lipinski definition) is 2. The van der Waals surface area contributed by atoms with Gasteiger partial charge in [-0.1, -0.05) is 30.3 Å². The lowest BCUT2D eigenvalue weighted by atomic mass is 10.2. The van der Waals surface area contributed by atoms with E-state index in [4.69, 9.17) is 0 Å². The van der Waals surface area contributed by atoms with Gasteiger partial charge < -0.3 is 9.11 Å². The molecule has 0 saturated carbocycles. The second kappa shape index (κ2) is 4.28. The van der Waals surface area contributed by atoms with Crippen LogP contribution in [0.3, 0.4) is 0 Å². The Bertz CT molecular complexity index is 602. The number of benzene rings is 2. The Balaban J connectivity index is 2.37. The molecule has 3 nitrogen and oxygen atoms in total. The standard InChI is InChI=1S/C13H13FO3S/c14-12-8-6-11(7-9-12)10-18(15,16,17)13-4-2-1-3-5-13/h1-9H,10H2,(H2,15,16,17). The van der Waals surface area contributed by atoms with Gasteiger partial charge in [0.1, 0.15) is 15.4 Å². The SMILES string of the molecule is O=S(O)(O)(Cc1ccc(F)cc1)c1ccccc1. The molecule has 0 amide bonds. The molecule has 0 aromatic heterocycles. The summed E-state index contributed by atoms with van der Waals surface area (Å²) in [7, 11) is -4.92. The zero-order valence-corrected chi connectivity index (χ0v) is 10.3. The van der Waals surface area contributed by atoms with E-state index in [-0.39, 0.29) is 4.90 Å². The van der Waals surface area contributed by atoms with Gasteiger partial charge in [-0.25, -0.2) is 8.60 Å². The van der Waals surface area contributed by atoms with E-state index in [9.17, 15) is 17.7 Å². The molecule has 2 aromatic carbocycles. The normalized spacial score (nSPS) is 13.8. The largest absolute Gasteiger partial charge is 0.304 e. The van der Waals surface area contributed by atoms with Crippen molar-refractivity contribution in [2.45, 2.75) is 10.6 Å². The molecular weight excluding hydrogens is 255 g/mol. The second-order valence-corrected chi connectivity index (χ2v) is 6.89. The van der Waals surface area contributed by atoms with Crippen LogP contribution in [0.4, 0.5) is 4.39 Å². The number of rotatable bonds is 3. The highest BCUT2D eigenvalue weighted by Crippen LogP contribution is 2.32. The zero-order chi connectivity index (χ0) is 13.3. The first-order valence-corrected chi connectivity index (χ1v) is 7.35. The number of hydrogen-bond acceptors (Lipinski definition) is 1. The van der Waals surface area contributed by atoms with Crippen molar-refractivity contribution >= 4 is 9.63 Å². The van der Waals surface area contributed by atoms with E-state index in [1.54, 1.807) is 18.2 Å². The highest BCUT2D eigenvalue weighted by molar-refractivity contribution is 8.09. The maximum Gasteiger partial charge on any atom is 0.123 e. The molecule has 0 fully saturated rings. The van der Waals surface area contributed by atoms with Crippen molar-refractivity contribution in [1.82, 2.24) is 0 Å². The van der Waals surface area contributed by atoms with Crippen molar-refractivity contribution in [2.24, 2.45) is 0 Å². The molecule has 0 unspecified atom stereocenters. The molecule has 0 aliphatic heterocycles. The van der Waals surface area contributed by atoms with Gasteiger partial charge in [0.05, 0.1) is 10.6 Å². The lowest BCUT2D eigenvalue weighted by Gasteiger charge is -2.30. The van der Waals surface area contributed by atoms with Crippen LogP contribution in [0, 0.1) is 5.82 Å². The Morgan fingerprint density at radius 1 is 0.944 bits per heavy atom. The van der Waals surface area contributed by atoms with Gasteiger partial charge in [-0.3, -0.25) is 0 Å². The first-order chi connectivity index (χ1) is 8.35. The van der Waals surface area contributed by atoms with E-state index in [2.05, 4.69) is 0 Å². The van der Waals surface area contributed by atoms with Crippen molar-refractivity contribution in [3.8, 4) is 0 Å². The smallest absolute Gasteiger partial charge is 0.123 e. The van der Waals surface area contributed by atoms with Gasteiger partial charge >= 0.3 is 0 Å². The molecule has 2 N–H and O–H groups in total. The average molecular weight is 268 g/mol. The predicted molar refractivity (Wildman–Crippen MR) is 68.2 cm³/mol. The highest BCUT2D eigenvalue weighted by atomic mass is 32.3. The Kier molecular flexibility index (Phi) is 3.06. The Morgan fingerprint density at radius 2 is 1.50 bits per heavy atom. The number of halogens is 1. The molecular formula is C13H13FO3S. The van der Waals surface area contributed by atoms with Crippen LogP contribution in [0.25, 0.3) is 0 Å². The molecule has 0 aliphatic rings. The topological polar surface area (TPSA) is 57.5 Å². The summed E-state index contributed by atoms with van der Waals surface area (Å²) in [5.41, 5.74) is 0.391. The van der Waals surface area contributed by atoms with Crippen molar-refractivity contribution in [3.05, 3.63) is 66.0 Å². The van der Waals surface area contributed by atoms with Gasteiger partial charge in [-0.05, 0) is 29.8 Å². The fraction of sp³-hybridized carbons (Fsp3) is 0.0769. The van der Waals surface area contributed by atoms with Gasteiger partial charge in [0.15, 0.2) is 0 Å². The molecule has 0 radical (unpaired) electrons. The third-order valence-electron chi connectivity index (χ3n) is 2.56. The lowest BCUT2D eigenvalue weighted by molar-refractivity contribution is 0.388. The van der Waals surface area contributed by atoms with Crippen LogP contribution in [0.5, 0.6) is 0 Å². The third kappa shape index (κ3) is 2.81. The van der Waals surface area contributed by atoms with Gasteiger partial charge in [0, 0.05) is 0 Å². The zero-order valence-electron chi connectivity index (χ0n) is 9.49. The molecule has 0 bridgehead atoms. The van der Waals surface area contributed by atoms with Crippen LogP contribution in [0.1, 0.15) is 5.56 Å². The summed E-state index contributed by atoms with van der Waals surface area (Å²) < 4.78 is 45.0. The molecule has 0 aliphatic carbocycles. The van der Waals surface area contributed by atoms with Gasteiger partial charge in [-0.15, -0.1) is 0 Å². The molecule has 0 heterocycles. The molecule has 96 valence electrons. The summed E-state index contributed by atoms with van der Waals surface area (Å²) in [6, 6.07) is 12.7. The molecule has 5 heteroatoms. The van der Waals surface area contributed by atoms with E-state index in [1.807, 2.05) is 0 Å². The van der Waals surface area contributed by atoms with E-state index in [0.29, 0.717) is 5.56 Å². The van der Waals surface area contributed by atoms with E-state index >= 15 is 0 Å². The fourth-order valence-corrected chi connectivity index (χ4v) is 3.32. The van der Waals surface area contributed by atoms with Crippen molar-refractivity contribution in [1.29, 1.82) is 0 Å². The summed E-state index contributed by atoms with van der Waals surface area (Å²) in [5.74, 6) is -0.889. The van der Waals surface area contributed by atoms with E-state index in [0.717, 1.165) is 0 Å². The Hall–Kier alpha value is -1.56. The first kappa shape index (κ1) is 12.9. The average Bonchev–Trinajstić information content (AvgIpc) is 2.33. The van der Waals surface area contributed by atoms with Crippen LogP contribution in [0.2, 0.25) is 0 Å². The summed E-state index contributed by atoms with van der Waals surface area (Å²) in [6.45, 7) is 0.